The topological polar surface area (TPSA) is 68.0 Å². The van der Waals surface area contributed by atoms with Crippen molar-refractivity contribution >= 4 is 22.4 Å². The third-order valence-corrected chi connectivity index (χ3v) is 4.46. The van der Waals surface area contributed by atoms with E-state index in [2.05, 4.69) is 38.0 Å². The Hall–Kier alpha value is -1.10. The van der Waals surface area contributed by atoms with Crippen molar-refractivity contribution in [3.8, 4) is 0 Å². The minimum atomic E-state index is -0.0484. The molecule has 0 atom stereocenters. The van der Waals surface area contributed by atoms with Gasteiger partial charge in [0.15, 0.2) is 5.13 Å². The highest BCUT2D eigenvalue weighted by Gasteiger charge is 2.39. The molecule has 0 saturated heterocycles. The van der Waals surface area contributed by atoms with Gasteiger partial charge in [0, 0.05) is 6.04 Å². The van der Waals surface area contributed by atoms with E-state index in [9.17, 15) is 4.79 Å². The summed E-state index contributed by atoms with van der Waals surface area (Å²) in [5.74, 6) is -0.0484. The van der Waals surface area contributed by atoms with Gasteiger partial charge in [0.25, 0.3) is 5.91 Å². The molecular weight excluding hydrogens is 258 g/mol. The van der Waals surface area contributed by atoms with Crippen LogP contribution in [0.1, 0.15) is 56.6 Å². The average Bonchev–Trinajstić information content (AvgIpc) is 2.59. The largest absolute Gasteiger partial charge is 0.375 e. The predicted molar refractivity (Wildman–Crippen MR) is 79.2 cm³/mol. The third-order valence-electron chi connectivity index (χ3n) is 3.64. The van der Waals surface area contributed by atoms with Crippen molar-refractivity contribution in [2.45, 2.75) is 53.0 Å². The molecule has 0 unspecified atom stereocenters. The highest BCUT2D eigenvalue weighted by Crippen LogP contribution is 2.45. The minimum Gasteiger partial charge on any atom is -0.375 e. The van der Waals surface area contributed by atoms with Crippen LogP contribution in [0.25, 0.3) is 0 Å². The molecule has 19 heavy (non-hydrogen) atoms. The van der Waals surface area contributed by atoms with Crippen molar-refractivity contribution < 1.29 is 4.79 Å². The van der Waals surface area contributed by atoms with Crippen LogP contribution in [-0.2, 0) is 0 Å². The van der Waals surface area contributed by atoms with E-state index in [-0.39, 0.29) is 22.8 Å². The number of hydrogen-bond donors (Lipinski definition) is 2. The lowest BCUT2D eigenvalue weighted by molar-refractivity contribution is 0.0716. The van der Waals surface area contributed by atoms with Crippen molar-refractivity contribution in [3.63, 3.8) is 0 Å². The van der Waals surface area contributed by atoms with Gasteiger partial charge in [-0.2, -0.15) is 0 Å². The normalized spacial score (nSPS) is 22.1. The molecule has 1 heterocycles. The van der Waals surface area contributed by atoms with Gasteiger partial charge in [-0.15, -0.1) is 0 Å². The first-order valence-corrected chi connectivity index (χ1v) is 7.51. The number of hydrogen-bond acceptors (Lipinski definition) is 4. The lowest BCUT2D eigenvalue weighted by Crippen LogP contribution is -2.45. The van der Waals surface area contributed by atoms with Gasteiger partial charge >= 0.3 is 0 Å². The number of thiazole rings is 1. The predicted octanol–water partition coefficient (Wildman–Crippen LogP) is 3.06. The second-order valence-corrected chi connectivity index (χ2v) is 8.21. The van der Waals surface area contributed by atoms with Crippen molar-refractivity contribution in [2.75, 3.05) is 5.73 Å². The smallest absolute Gasteiger partial charge is 0.263 e. The highest BCUT2D eigenvalue weighted by atomic mass is 32.1. The van der Waals surface area contributed by atoms with Crippen molar-refractivity contribution in [2.24, 2.45) is 10.8 Å². The Balaban J connectivity index is 2.04. The second-order valence-electron chi connectivity index (χ2n) is 7.15. The summed E-state index contributed by atoms with van der Waals surface area (Å²) in [6.07, 6.45) is 4.79. The van der Waals surface area contributed by atoms with Gasteiger partial charge < -0.3 is 11.1 Å². The number of nitrogens with zero attached hydrogens (tertiary/aromatic N) is 1. The van der Waals surface area contributed by atoms with Crippen molar-refractivity contribution in [3.05, 3.63) is 11.1 Å². The summed E-state index contributed by atoms with van der Waals surface area (Å²) in [4.78, 5) is 16.7. The molecule has 1 aromatic rings. The van der Waals surface area contributed by atoms with Gasteiger partial charge in [0.1, 0.15) is 4.88 Å². The minimum absolute atomic E-state index is 0.0484. The van der Waals surface area contributed by atoms with Gasteiger partial charge in [-0.05, 0) is 30.1 Å². The van der Waals surface area contributed by atoms with E-state index in [1.807, 2.05) is 0 Å². The van der Waals surface area contributed by atoms with Crippen molar-refractivity contribution in [1.29, 1.82) is 0 Å². The number of carbonyl (C=O) groups is 1. The molecule has 0 aliphatic heterocycles. The Morgan fingerprint density at radius 2 is 1.95 bits per heavy atom. The third kappa shape index (κ3) is 3.69. The Bertz CT molecular complexity index is 463. The van der Waals surface area contributed by atoms with Crippen LogP contribution >= 0.6 is 11.3 Å². The first kappa shape index (κ1) is 14.3. The Morgan fingerprint density at radius 3 is 2.42 bits per heavy atom. The Morgan fingerprint density at radius 1 is 1.37 bits per heavy atom. The van der Waals surface area contributed by atoms with Crippen LogP contribution < -0.4 is 11.1 Å². The van der Waals surface area contributed by atoms with E-state index in [1.165, 1.54) is 17.8 Å². The summed E-state index contributed by atoms with van der Waals surface area (Å²) < 4.78 is 0. The number of nitrogen functional groups attached to an aromatic ring is 1. The van der Waals surface area contributed by atoms with Crippen LogP contribution in [0.2, 0.25) is 0 Å². The fourth-order valence-electron chi connectivity index (χ4n) is 3.60. The molecule has 4 nitrogen and oxygen atoms in total. The number of rotatable bonds is 2. The van der Waals surface area contributed by atoms with E-state index in [4.69, 9.17) is 5.73 Å². The molecule has 1 aliphatic rings. The SMILES string of the molecule is CC1(C)CC(NC(=O)c2cnc(N)s2)CC(C)(C)C1. The molecule has 0 aromatic carbocycles. The molecule has 1 fully saturated rings. The Kier molecular flexibility index (Phi) is 3.60. The van der Waals surface area contributed by atoms with E-state index >= 15 is 0 Å². The summed E-state index contributed by atoms with van der Waals surface area (Å²) in [6, 6.07) is 0.231. The number of amides is 1. The molecule has 106 valence electrons. The summed E-state index contributed by atoms with van der Waals surface area (Å²) in [6.45, 7) is 9.10. The molecule has 0 spiro atoms. The van der Waals surface area contributed by atoms with E-state index < -0.39 is 0 Å². The average molecular weight is 281 g/mol. The summed E-state index contributed by atoms with van der Waals surface area (Å²) in [5, 5.41) is 3.57. The number of carbonyl (C=O) groups excluding carboxylic acids is 1. The zero-order valence-corrected chi connectivity index (χ0v) is 12.9. The van der Waals surface area contributed by atoms with Gasteiger partial charge in [-0.1, -0.05) is 39.0 Å². The monoisotopic (exact) mass is 281 g/mol. The Labute approximate surface area is 118 Å². The van der Waals surface area contributed by atoms with E-state index in [0.29, 0.717) is 10.0 Å². The fourth-order valence-corrected chi connectivity index (χ4v) is 4.18. The zero-order valence-electron chi connectivity index (χ0n) is 12.1. The molecule has 0 radical (unpaired) electrons. The van der Waals surface area contributed by atoms with Crippen LogP contribution in [0.15, 0.2) is 6.20 Å². The molecular formula is C14H23N3OS. The molecule has 1 saturated carbocycles. The maximum atomic E-state index is 12.2. The highest BCUT2D eigenvalue weighted by molar-refractivity contribution is 7.17. The molecule has 1 aliphatic carbocycles. The quantitative estimate of drug-likeness (QED) is 0.875. The first-order chi connectivity index (χ1) is 8.67. The summed E-state index contributed by atoms with van der Waals surface area (Å²) in [5.41, 5.74) is 6.10. The van der Waals surface area contributed by atoms with Crippen LogP contribution in [0.5, 0.6) is 0 Å². The molecule has 1 amide bonds. The number of nitrogens with one attached hydrogen (secondary N) is 1. The number of anilines is 1. The zero-order chi connectivity index (χ0) is 14.3. The maximum Gasteiger partial charge on any atom is 0.263 e. The lowest BCUT2D eigenvalue weighted by atomic mass is 9.63. The van der Waals surface area contributed by atoms with Gasteiger partial charge in [-0.25, -0.2) is 4.98 Å². The molecule has 5 heteroatoms. The van der Waals surface area contributed by atoms with Crippen LogP contribution in [-0.4, -0.2) is 16.9 Å². The second kappa shape index (κ2) is 4.78. The van der Waals surface area contributed by atoms with Crippen LogP contribution in [0.4, 0.5) is 5.13 Å². The summed E-state index contributed by atoms with van der Waals surface area (Å²) >= 11 is 1.24. The lowest BCUT2D eigenvalue weighted by Gasteiger charge is -2.45. The van der Waals surface area contributed by atoms with Gasteiger partial charge in [0.05, 0.1) is 6.20 Å². The fraction of sp³-hybridized carbons (Fsp3) is 0.714. The van der Waals surface area contributed by atoms with Crippen molar-refractivity contribution in [1.82, 2.24) is 10.3 Å². The van der Waals surface area contributed by atoms with Crippen LogP contribution in [0.3, 0.4) is 0 Å². The number of aromatic nitrogens is 1. The maximum absolute atomic E-state index is 12.2. The summed E-state index contributed by atoms with van der Waals surface area (Å²) in [7, 11) is 0. The molecule has 1 aromatic heterocycles. The van der Waals surface area contributed by atoms with E-state index in [1.54, 1.807) is 6.20 Å². The standard InChI is InChI=1S/C14H23N3OS/c1-13(2)5-9(6-14(3,4)8-13)17-11(18)10-7-16-12(15)19-10/h7,9H,5-6,8H2,1-4H3,(H2,15,16)(H,17,18). The van der Waals surface area contributed by atoms with Gasteiger partial charge in [-0.3, -0.25) is 4.79 Å². The molecule has 0 bridgehead atoms. The van der Waals surface area contributed by atoms with Crippen LogP contribution in [0, 0.1) is 10.8 Å². The molecule has 2 rings (SSSR count). The first-order valence-electron chi connectivity index (χ1n) is 6.69. The van der Waals surface area contributed by atoms with E-state index in [0.717, 1.165) is 12.8 Å². The molecule has 3 N–H and O–H groups in total. The van der Waals surface area contributed by atoms with Gasteiger partial charge in [0.2, 0.25) is 0 Å². The number of nitrogens with two attached hydrogens (primary N) is 1.